The molecule has 13 heavy (non-hydrogen) atoms. The van der Waals surface area contributed by atoms with Crippen LogP contribution in [-0.2, 0) is 0 Å². The van der Waals surface area contributed by atoms with Crippen molar-refractivity contribution in [2.45, 2.75) is 52.5 Å². The van der Waals surface area contributed by atoms with E-state index in [2.05, 4.69) is 32.9 Å². The Bertz CT molecular complexity index is 182. The topological polar surface area (TPSA) is 26.0 Å². The minimum absolute atomic E-state index is 0.191. The largest absolute Gasteiger partial charge is 0.327 e. The third-order valence-electron chi connectivity index (χ3n) is 3.28. The highest BCUT2D eigenvalue weighted by Gasteiger charge is 2.31. The monoisotopic (exact) mass is 181 g/mol. The third kappa shape index (κ3) is 2.57. The Morgan fingerprint density at radius 3 is 2.77 bits per heavy atom. The Balaban J connectivity index is 2.69. The van der Waals surface area contributed by atoms with Crippen LogP contribution in [0.2, 0.25) is 0 Å². The van der Waals surface area contributed by atoms with Gasteiger partial charge in [0.05, 0.1) is 0 Å². The SMILES string of the molecule is CCCC1CCC=CC(C)(C)[C@@H]1N. The van der Waals surface area contributed by atoms with Crippen molar-refractivity contribution in [1.29, 1.82) is 0 Å². The van der Waals surface area contributed by atoms with Crippen LogP contribution < -0.4 is 5.73 Å². The molecule has 76 valence electrons. The highest BCUT2D eigenvalue weighted by Crippen LogP contribution is 2.33. The molecule has 0 bridgehead atoms. The second kappa shape index (κ2) is 4.28. The quantitative estimate of drug-likeness (QED) is 0.651. The molecule has 0 aromatic heterocycles. The van der Waals surface area contributed by atoms with Gasteiger partial charge in [0.2, 0.25) is 0 Å². The molecular formula is C12H23N. The van der Waals surface area contributed by atoms with Gasteiger partial charge in [0.25, 0.3) is 0 Å². The van der Waals surface area contributed by atoms with E-state index in [0.29, 0.717) is 6.04 Å². The smallest absolute Gasteiger partial charge is 0.0154 e. The zero-order valence-electron chi connectivity index (χ0n) is 9.22. The van der Waals surface area contributed by atoms with Gasteiger partial charge in [0, 0.05) is 6.04 Å². The number of rotatable bonds is 2. The molecule has 1 aliphatic rings. The van der Waals surface area contributed by atoms with Crippen LogP contribution >= 0.6 is 0 Å². The van der Waals surface area contributed by atoms with Crippen LogP contribution in [0.1, 0.15) is 46.5 Å². The van der Waals surface area contributed by atoms with Crippen LogP contribution in [0, 0.1) is 11.3 Å². The van der Waals surface area contributed by atoms with Crippen molar-refractivity contribution in [3.05, 3.63) is 12.2 Å². The zero-order valence-corrected chi connectivity index (χ0v) is 9.22. The molecule has 1 heteroatoms. The summed E-state index contributed by atoms with van der Waals surface area (Å²) in [6, 6.07) is 0.339. The first-order valence-corrected chi connectivity index (χ1v) is 5.51. The molecule has 0 radical (unpaired) electrons. The van der Waals surface area contributed by atoms with Crippen LogP contribution in [0.25, 0.3) is 0 Å². The minimum Gasteiger partial charge on any atom is -0.327 e. The van der Waals surface area contributed by atoms with Gasteiger partial charge in [0.15, 0.2) is 0 Å². The summed E-state index contributed by atoms with van der Waals surface area (Å²) in [6.45, 7) is 6.75. The van der Waals surface area contributed by atoms with E-state index in [1.165, 1.54) is 25.7 Å². The van der Waals surface area contributed by atoms with Crippen molar-refractivity contribution >= 4 is 0 Å². The highest BCUT2D eigenvalue weighted by molar-refractivity contribution is 5.05. The summed E-state index contributed by atoms with van der Waals surface area (Å²) in [7, 11) is 0. The average Bonchev–Trinajstić information content (AvgIpc) is 2.18. The van der Waals surface area contributed by atoms with Gasteiger partial charge in [-0.05, 0) is 30.6 Å². The molecule has 1 rings (SSSR count). The zero-order chi connectivity index (χ0) is 9.90. The molecule has 0 saturated heterocycles. The standard InChI is InChI=1S/C12H23N/c1-4-7-10-8-5-6-9-12(2,3)11(10)13/h6,9-11H,4-5,7-8,13H2,1-3H3/t10?,11-/m1/s1. The second-order valence-electron chi connectivity index (χ2n) is 4.88. The summed E-state index contributed by atoms with van der Waals surface area (Å²) in [5.41, 5.74) is 6.48. The maximum atomic E-state index is 6.29. The summed E-state index contributed by atoms with van der Waals surface area (Å²) in [4.78, 5) is 0. The second-order valence-corrected chi connectivity index (χ2v) is 4.88. The molecule has 0 fully saturated rings. The normalized spacial score (nSPS) is 32.9. The van der Waals surface area contributed by atoms with Gasteiger partial charge in [-0.1, -0.05) is 39.3 Å². The lowest BCUT2D eigenvalue weighted by atomic mass is 9.76. The Morgan fingerprint density at radius 2 is 2.15 bits per heavy atom. The van der Waals surface area contributed by atoms with E-state index >= 15 is 0 Å². The first kappa shape index (κ1) is 10.8. The van der Waals surface area contributed by atoms with E-state index in [1.807, 2.05) is 0 Å². The number of allylic oxidation sites excluding steroid dienone is 1. The Kier molecular flexibility index (Phi) is 3.55. The fourth-order valence-electron chi connectivity index (χ4n) is 2.29. The van der Waals surface area contributed by atoms with Crippen molar-refractivity contribution in [1.82, 2.24) is 0 Å². The average molecular weight is 181 g/mol. The molecule has 0 aromatic carbocycles. The van der Waals surface area contributed by atoms with Crippen LogP contribution in [0.3, 0.4) is 0 Å². The van der Waals surface area contributed by atoms with Gasteiger partial charge < -0.3 is 5.73 Å². The van der Waals surface area contributed by atoms with Crippen LogP contribution in [0.15, 0.2) is 12.2 Å². The summed E-state index contributed by atoms with van der Waals surface area (Å²) in [5, 5.41) is 0. The van der Waals surface area contributed by atoms with E-state index in [0.717, 1.165) is 5.92 Å². The molecular weight excluding hydrogens is 158 g/mol. The van der Waals surface area contributed by atoms with Gasteiger partial charge in [0.1, 0.15) is 0 Å². The first-order chi connectivity index (χ1) is 6.08. The van der Waals surface area contributed by atoms with Crippen LogP contribution in [0.4, 0.5) is 0 Å². The molecule has 1 nitrogen and oxygen atoms in total. The third-order valence-corrected chi connectivity index (χ3v) is 3.28. The van der Waals surface area contributed by atoms with Gasteiger partial charge in [-0.15, -0.1) is 0 Å². The molecule has 0 heterocycles. The lowest BCUT2D eigenvalue weighted by Gasteiger charge is -2.33. The lowest BCUT2D eigenvalue weighted by Crippen LogP contribution is -2.41. The molecule has 2 atom stereocenters. The van der Waals surface area contributed by atoms with Crippen molar-refractivity contribution in [3.8, 4) is 0 Å². The summed E-state index contributed by atoms with van der Waals surface area (Å²) in [6.07, 6.45) is 9.63. The summed E-state index contributed by atoms with van der Waals surface area (Å²) >= 11 is 0. The van der Waals surface area contributed by atoms with E-state index in [-0.39, 0.29) is 5.41 Å². The van der Waals surface area contributed by atoms with Gasteiger partial charge in [-0.2, -0.15) is 0 Å². The Hall–Kier alpha value is -0.300. The molecule has 2 N–H and O–H groups in total. The van der Waals surface area contributed by atoms with Gasteiger partial charge in [-0.3, -0.25) is 0 Å². The van der Waals surface area contributed by atoms with Crippen LogP contribution in [-0.4, -0.2) is 6.04 Å². The maximum absolute atomic E-state index is 6.29. The maximum Gasteiger partial charge on any atom is 0.0154 e. The molecule has 0 amide bonds. The first-order valence-electron chi connectivity index (χ1n) is 5.51. The van der Waals surface area contributed by atoms with Gasteiger partial charge >= 0.3 is 0 Å². The lowest BCUT2D eigenvalue weighted by molar-refractivity contribution is 0.254. The summed E-state index contributed by atoms with van der Waals surface area (Å²) in [5.74, 6) is 0.718. The predicted molar refractivity (Wildman–Crippen MR) is 58.5 cm³/mol. The fraction of sp³-hybridized carbons (Fsp3) is 0.833. The molecule has 0 aliphatic heterocycles. The minimum atomic E-state index is 0.191. The van der Waals surface area contributed by atoms with Crippen molar-refractivity contribution < 1.29 is 0 Å². The number of nitrogens with two attached hydrogens (primary N) is 1. The molecule has 1 aliphatic carbocycles. The van der Waals surface area contributed by atoms with E-state index < -0.39 is 0 Å². The van der Waals surface area contributed by atoms with Crippen molar-refractivity contribution in [2.24, 2.45) is 17.1 Å². The van der Waals surface area contributed by atoms with Crippen molar-refractivity contribution in [2.75, 3.05) is 0 Å². The van der Waals surface area contributed by atoms with Gasteiger partial charge in [-0.25, -0.2) is 0 Å². The Morgan fingerprint density at radius 1 is 1.46 bits per heavy atom. The van der Waals surface area contributed by atoms with E-state index in [4.69, 9.17) is 5.73 Å². The fourth-order valence-corrected chi connectivity index (χ4v) is 2.29. The summed E-state index contributed by atoms with van der Waals surface area (Å²) < 4.78 is 0. The van der Waals surface area contributed by atoms with E-state index in [1.54, 1.807) is 0 Å². The molecule has 0 spiro atoms. The number of hydrogen-bond donors (Lipinski definition) is 1. The molecule has 0 aromatic rings. The Labute approximate surface area is 82.4 Å². The molecule has 0 saturated carbocycles. The molecule has 1 unspecified atom stereocenters. The van der Waals surface area contributed by atoms with E-state index in [9.17, 15) is 0 Å². The predicted octanol–water partition coefficient (Wildman–Crippen LogP) is 3.11. The van der Waals surface area contributed by atoms with Crippen LogP contribution in [0.5, 0.6) is 0 Å². The van der Waals surface area contributed by atoms with Crippen molar-refractivity contribution in [3.63, 3.8) is 0 Å². The number of hydrogen-bond acceptors (Lipinski definition) is 1. The highest BCUT2D eigenvalue weighted by atomic mass is 14.7.